The molecule has 1 rings (SSSR count). The highest BCUT2D eigenvalue weighted by molar-refractivity contribution is 5.26. The summed E-state index contributed by atoms with van der Waals surface area (Å²) in [4.78, 5) is 12.2. The van der Waals surface area contributed by atoms with Crippen molar-refractivity contribution in [2.45, 2.75) is 26.4 Å². The van der Waals surface area contributed by atoms with Gasteiger partial charge in [0.25, 0.3) is 0 Å². The van der Waals surface area contributed by atoms with Gasteiger partial charge in [-0.1, -0.05) is 6.92 Å². The summed E-state index contributed by atoms with van der Waals surface area (Å²) in [5.41, 5.74) is 0. The van der Waals surface area contributed by atoms with Gasteiger partial charge in [-0.05, 0) is 13.3 Å². The SMILES string of the molecule is CCCOc1nc(NC)nc(OC(C)COC)n1. The van der Waals surface area contributed by atoms with Crippen LogP contribution in [0.25, 0.3) is 0 Å². The Morgan fingerprint density at radius 2 is 1.94 bits per heavy atom. The van der Waals surface area contributed by atoms with Crippen molar-refractivity contribution in [1.82, 2.24) is 15.0 Å². The van der Waals surface area contributed by atoms with Gasteiger partial charge < -0.3 is 19.5 Å². The van der Waals surface area contributed by atoms with Crippen LogP contribution < -0.4 is 14.8 Å². The van der Waals surface area contributed by atoms with Crippen LogP contribution in [0, 0.1) is 0 Å². The molecule has 7 nitrogen and oxygen atoms in total. The summed E-state index contributed by atoms with van der Waals surface area (Å²) < 4.78 is 15.9. The number of nitrogens with one attached hydrogen (secondary N) is 1. The summed E-state index contributed by atoms with van der Waals surface area (Å²) in [6.45, 7) is 4.91. The molecule has 0 aliphatic rings. The minimum Gasteiger partial charge on any atom is -0.463 e. The van der Waals surface area contributed by atoms with Crippen molar-refractivity contribution in [2.75, 3.05) is 32.7 Å². The summed E-state index contributed by atoms with van der Waals surface area (Å²) >= 11 is 0. The Bertz CT molecular complexity index is 362. The van der Waals surface area contributed by atoms with Crippen molar-refractivity contribution < 1.29 is 14.2 Å². The zero-order chi connectivity index (χ0) is 13.4. The van der Waals surface area contributed by atoms with Crippen LogP contribution in [0.1, 0.15) is 20.3 Å². The number of hydrogen-bond donors (Lipinski definition) is 1. The molecular weight excluding hydrogens is 236 g/mol. The molecule has 0 saturated carbocycles. The van der Waals surface area contributed by atoms with Gasteiger partial charge in [0.1, 0.15) is 6.10 Å². The Balaban J connectivity index is 2.76. The normalized spacial score (nSPS) is 12.0. The molecule has 1 aromatic heterocycles. The summed E-state index contributed by atoms with van der Waals surface area (Å²) in [6.07, 6.45) is 0.748. The van der Waals surface area contributed by atoms with Crippen molar-refractivity contribution in [3.05, 3.63) is 0 Å². The van der Waals surface area contributed by atoms with Crippen LogP contribution in [0.15, 0.2) is 0 Å². The number of rotatable bonds is 8. The van der Waals surface area contributed by atoms with Crippen LogP contribution >= 0.6 is 0 Å². The topological polar surface area (TPSA) is 78.4 Å². The summed E-state index contributed by atoms with van der Waals surface area (Å²) in [7, 11) is 3.34. The van der Waals surface area contributed by atoms with Crippen LogP contribution in [0.4, 0.5) is 5.95 Å². The summed E-state index contributed by atoms with van der Waals surface area (Å²) in [5.74, 6) is 0.413. The van der Waals surface area contributed by atoms with Crippen LogP contribution in [0.5, 0.6) is 12.0 Å². The van der Waals surface area contributed by atoms with Gasteiger partial charge in [0.15, 0.2) is 0 Å². The van der Waals surface area contributed by atoms with Crippen molar-refractivity contribution in [2.24, 2.45) is 0 Å². The lowest BCUT2D eigenvalue weighted by atomic mass is 10.4. The largest absolute Gasteiger partial charge is 0.463 e. The average Bonchev–Trinajstić information content (AvgIpc) is 2.36. The quantitative estimate of drug-likeness (QED) is 0.746. The van der Waals surface area contributed by atoms with E-state index in [9.17, 15) is 0 Å². The van der Waals surface area contributed by atoms with E-state index in [4.69, 9.17) is 14.2 Å². The van der Waals surface area contributed by atoms with Gasteiger partial charge in [0, 0.05) is 14.2 Å². The number of aromatic nitrogens is 3. The molecule has 1 heterocycles. The highest BCUT2D eigenvalue weighted by atomic mass is 16.5. The lowest BCUT2D eigenvalue weighted by molar-refractivity contribution is 0.0846. The molecule has 1 N–H and O–H groups in total. The van der Waals surface area contributed by atoms with Gasteiger partial charge >= 0.3 is 12.0 Å². The maximum atomic E-state index is 5.51. The van der Waals surface area contributed by atoms with E-state index in [0.717, 1.165) is 6.42 Å². The summed E-state index contributed by atoms with van der Waals surface area (Å²) in [6, 6.07) is 0.487. The first-order valence-corrected chi connectivity index (χ1v) is 5.91. The lowest BCUT2D eigenvalue weighted by Gasteiger charge is -2.13. The van der Waals surface area contributed by atoms with Gasteiger partial charge in [0.2, 0.25) is 5.95 Å². The Kier molecular flexibility index (Phi) is 6.13. The Labute approximate surface area is 107 Å². The van der Waals surface area contributed by atoms with Gasteiger partial charge in [-0.3, -0.25) is 0 Å². The monoisotopic (exact) mass is 256 g/mol. The molecule has 0 aliphatic heterocycles. The third kappa shape index (κ3) is 4.70. The molecule has 0 fully saturated rings. The fourth-order valence-electron chi connectivity index (χ4n) is 1.21. The molecule has 7 heteroatoms. The van der Waals surface area contributed by atoms with E-state index in [0.29, 0.717) is 19.2 Å². The minimum atomic E-state index is -0.138. The van der Waals surface area contributed by atoms with Crippen LogP contribution in [-0.4, -0.2) is 48.4 Å². The van der Waals surface area contributed by atoms with E-state index in [1.807, 2.05) is 13.8 Å². The second kappa shape index (κ2) is 7.65. The molecule has 1 aromatic rings. The Morgan fingerprint density at radius 1 is 1.22 bits per heavy atom. The predicted molar refractivity (Wildman–Crippen MR) is 67.1 cm³/mol. The molecule has 0 saturated heterocycles. The van der Waals surface area contributed by atoms with E-state index in [1.54, 1.807) is 14.2 Å². The fourth-order valence-corrected chi connectivity index (χ4v) is 1.21. The third-order valence-corrected chi connectivity index (χ3v) is 1.96. The van der Waals surface area contributed by atoms with Crippen LogP contribution in [0.3, 0.4) is 0 Å². The third-order valence-electron chi connectivity index (χ3n) is 1.96. The first-order chi connectivity index (χ1) is 8.69. The first-order valence-electron chi connectivity index (χ1n) is 5.91. The van der Waals surface area contributed by atoms with Gasteiger partial charge in [-0.15, -0.1) is 4.98 Å². The van der Waals surface area contributed by atoms with Gasteiger partial charge in [-0.25, -0.2) is 0 Å². The molecule has 102 valence electrons. The molecule has 1 unspecified atom stereocenters. The highest BCUT2D eigenvalue weighted by Crippen LogP contribution is 2.14. The van der Waals surface area contributed by atoms with E-state index in [1.165, 1.54) is 0 Å². The molecule has 0 aliphatic carbocycles. The van der Waals surface area contributed by atoms with E-state index < -0.39 is 0 Å². The minimum absolute atomic E-state index is 0.138. The number of nitrogens with zero attached hydrogens (tertiary/aromatic N) is 3. The molecule has 1 atom stereocenters. The molecule has 0 bridgehead atoms. The maximum Gasteiger partial charge on any atom is 0.324 e. The van der Waals surface area contributed by atoms with Crippen LogP contribution in [-0.2, 0) is 4.74 Å². The van der Waals surface area contributed by atoms with E-state index >= 15 is 0 Å². The number of hydrogen-bond acceptors (Lipinski definition) is 7. The molecule has 0 aromatic carbocycles. The molecule has 18 heavy (non-hydrogen) atoms. The second-order valence-electron chi connectivity index (χ2n) is 3.71. The van der Waals surface area contributed by atoms with Crippen molar-refractivity contribution in [1.29, 1.82) is 0 Å². The first kappa shape index (κ1) is 14.4. The molecular formula is C11H20N4O3. The van der Waals surface area contributed by atoms with Gasteiger partial charge in [0.05, 0.1) is 13.2 Å². The van der Waals surface area contributed by atoms with E-state index in [2.05, 4.69) is 20.3 Å². The average molecular weight is 256 g/mol. The fraction of sp³-hybridized carbons (Fsp3) is 0.727. The molecule has 0 amide bonds. The number of anilines is 1. The Morgan fingerprint density at radius 3 is 2.56 bits per heavy atom. The smallest absolute Gasteiger partial charge is 0.324 e. The maximum absolute atomic E-state index is 5.51. The zero-order valence-electron chi connectivity index (χ0n) is 11.3. The highest BCUT2D eigenvalue weighted by Gasteiger charge is 2.11. The zero-order valence-corrected chi connectivity index (χ0v) is 11.3. The standard InChI is InChI=1S/C11H20N4O3/c1-5-6-17-10-13-9(12-3)14-11(15-10)18-8(2)7-16-4/h8H,5-7H2,1-4H3,(H,12,13,14,15). The predicted octanol–water partition coefficient (Wildman–Crippen LogP) is 1.12. The Hall–Kier alpha value is -1.63. The van der Waals surface area contributed by atoms with Crippen molar-refractivity contribution >= 4 is 5.95 Å². The van der Waals surface area contributed by atoms with Crippen molar-refractivity contribution in [3.63, 3.8) is 0 Å². The lowest BCUT2D eigenvalue weighted by Crippen LogP contribution is -2.20. The molecule has 0 radical (unpaired) electrons. The van der Waals surface area contributed by atoms with Crippen LogP contribution in [0.2, 0.25) is 0 Å². The number of methoxy groups -OCH3 is 1. The summed E-state index contributed by atoms with van der Waals surface area (Å²) in [5, 5.41) is 2.84. The van der Waals surface area contributed by atoms with Gasteiger partial charge in [-0.2, -0.15) is 9.97 Å². The second-order valence-corrected chi connectivity index (χ2v) is 3.71. The van der Waals surface area contributed by atoms with E-state index in [-0.39, 0.29) is 18.1 Å². The molecule has 0 spiro atoms. The number of ether oxygens (including phenoxy) is 3. The van der Waals surface area contributed by atoms with Crippen molar-refractivity contribution in [3.8, 4) is 12.0 Å².